The minimum atomic E-state index is 0.309. The highest BCUT2D eigenvalue weighted by Gasteiger charge is 2.34. The molecule has 0 heterocycles. The number of aliphatic hydroxyl groups is 1. The third-order valence-corrected chi connectivity index (χ3v) is 4.53. The lowest BCUT2D eigenvalue weighted by Crippen LogP contribution is -2.45. The molecule has 0 radical (unpaired) electrons. The molecule has 2 fully saturated rings. The lowest BCUT2D eigenvalue weighted by Gasteiger charge is -2.38. The van der Waals surface area contributed by atoms with Gasteiger partial charge >= 0.3 is 0 Å². The maximum absolute atomic E-state index is 9.16. The molecule has 0 saturated heterocycles. The van der Waals surface area contributed by atoms with E-state index in [2.05, 4.69) is 24.2 Å². The average molecular weight is 240 g/mol. The Kier molecular flexibility index (Phi) is 4.83. The van der Waals surface area contributed by atoms with E-state index in [1.165, 1.54) is 38.6 Å². The monoisotopic (exact) mass is 240 g/mol. The van der Waals surface area contributed by atoms with Crippen molar-refractivity contribution in [1.82, 2.24) is 10.2 Å². The van der Waals surface area contributed by atoms with Gasteiger partial charge in [-0.1, -0.05) is 6.92 Å². The predicted molar refractivity (Wildman–Crippen MR) is 71.0 cm³/mol. The number of rotatable bonds is 6. The van der Waals surface area contributed by atoms with Crippen LogP contribution in [-0.4, -0.2) is 48.8 Å². The van der Waals surface area contributed by atoms with Gasteiger partial charge in [-0.05, 0) is 51.0 Å². The molecule has 2 N–H and O–H groups in total. The van der Waals surface area contributed by atoms with Gasteiger partial charge in [-0.15, -0.1) is 0 Å². The standard InChI is InChI=1S/C14H28N2O/c1-11-3-6-14(15-2)12(9-11)10-16(7-8-17)13-4-5-13/h11-15,17H,3-10H2,1-2H3. The van der Waals surface area contributed by atoms with Crippen LogP contribution < -0.4 is 5.32 Å². The summed E-state index contributed by atoms with van der Waals surface area (Å²) in [6, 6.07) is 1.46. The Labute approximate surface area is 106 Å². The number of nitrogens with one attached hydrogen (secondary N) is 1. The quantitative estimate of drug-likeness (QED) is 0.738. The molecule has 0 aliphatic heterocycles. The minimum absolute atomic E-state index is 0.309. The van der Waals surface area contributed by atoms with E-state index in [1.54, 1.807) is 0 Å². The Morgan fingerprint density at radius 2 is 2.00 bits per heavy atom. The van der Waals surface area contributed by atoms with Gasteiger partial charge in [0.05, 0.1) is 6.61 Å². The van der Waals surface area contributed by atoms with Crippen molar-refractivity contribution in [3.63, 3.8) is 0 Å². The van der Waals surface area contributed by atoms with Gasteiger partial charge in [-0.3, -0.25) is 4.90 Å². The van der Waals surface area contributed by atoms with Gasteiger partial charge in [0.1, 0.15) is 0 Å². The summed E-state index contributed by atoms with van der Waals surface area (Å²) >= 11 is 0. The summed E-state index contributed by atoms with van der Waals surface area (Å²) in [7, 11) is 2.10. The lowest BCUT2D eigenvalue weighted by molar-refractivity contribution is 0.123. The summed E-state index contributed by atoms with van der Waals surface area (Å²) in [5.74, 6) is 1.65. The molecule has 0 spiro atoms. The van der Waals surface area contributed by atoms with Crippen LogP contribution >= 0.6 is 0 Å². The highest BCUT2D eigenvalue weighted by Crippen LogP contribution is 2.33. The van der Waals surface area contributed by atoms with E-state index in [0.717, 1.165) is 24.4 Å². The maximum atomic E-state index is 9.16. The summed E-state index contributed by atoms with van der Waals surface area (Å²) in [6.45, 7) is 4.74. The maximum Gasteiger partial charge on any atom is 0.0558 e. The zero-order valence-electron chi connectivity index (χ0n) is 11.4. The SMILES string of the molecule is CNC1CCC(C)CC1CN(CCO)C1CC1. The van der Waals surface area contributed by atoms with Crippen LogP contribution in [0.4, 0.5) is 0 Å². The Hall–Kier alpha value is -0.120. The van der Waals surface area contributed by atoms with E-state index < -0.39 is 0 Å². The number of nitrogens with zero attached hydrogens (tertiary/aromatic N) is 1. The third-order valence-electron chi connectivity index (χ3n) is 4.53. The first-order chi connectivity index (χ1) is 8.24. The molecule has 17 heavy (non-hydrogen) atoms. The predicted octanol–water partition coefficient (Wildman–Crippen LogP) is 1.47. The molecule has 2 rings (SSSR count). The van der Waals surface area contributed by atoms with E-state index in [0.29, 0.717) is 12.6 Å². The summed E-state index contributed by atoms with van der Waals surface area (Å²) in [6.07, 6.45) is 6.71. The summed E-state index contributed by atoms with van der Waals surface area (Å²) < 4.78 is 0. The fourth-order valence-corrected chi connectivity index (χ4v) is 3.37. The Morgan fingerprint density at radius 1 is 1.24 bits per heavy atom. The second-order valence-corrected chi connectivity index (χ2v) is 6.02. The lowest BCUT2D eigenvalue weighted by atomic mass is 9.78. The average Bonchev–Trinajstić information content (AvgIpc) is 3.13. The fraction of sp³-hybridized carbons (Fsp3) is 1.00. The Bertz CT molecular complexity index is 230. The molecule has 3 atom stereocenters. The Morgan fingerprint density at radius 3 is 2.59 bits per heavy atom. The van der Waals surface area contributed by atoms with E-state index in [-0.39, 0.29) is 0 Å². The highest BCUT2D eigenvalue weighted by molar-refractivity contribution is 4.90. The first kappa shape index (κ1) is 13.3. The van der Waals surface area contributed by atoms with Crippen LogP contribution in [0.15, 0.2) is 0 Å². The van der Waals surface area contributed by atoms with Crippen molar-refractivity contribution in [2.45, 2.75) is 51.1 Å². The van der Waals surface area contributed by atoms with Gasteiger partial charge < -0.3 is 10.4 Å². The van der Waals surface area contributed by atoms with Gasteiger partial charge in [-0.25, -0.2) is 0 Å². The van der Waals surface area contributed by atoms with Crippen LogP contribution in [0, 0.1) is 11.8 Å². The summed E-state index contributed by atoms with van der Waals surface area (Å²) in [5.41, 5.74) is 0. The van der Waals surface area contributed by atoms with Crippen molar-refractivity contribution in [2.75, 3.05) is 26.7 Å². The number of hydrogen-bond acceptors (Lipinski definition) is 3. The molecule has 2 aliphatic rings. The van der Waals surface area contributed by atoms with Crippen molar-refractivity contribution < 1.29 is 5.11 Å². The van der Waals surface area contributed by atoms with Gasteiger partial charge in [0.2, 0.25) is 0 Å². The van der Waals surface area contributed by atoms with Gasteiger partial charge in [0.15, 0.2) is 0 Å². The van der Waals surface area contributed by atoms with Crippen LogP contribution in [0.1, 0.15) is 39.0 Å². The van der Waals surface area contributed by atoms with Crippen LogP contribution in [0.25, 0.3) is 0 Å². The summed E-state index contributed by atoms with van der Waals surface area (Å²) in [4.78, 5) is 2.52. The summed E-state index contributed by atoms with van der Waals surface area (Å²) in [5, 5.41) is 12.7. The zero-order valence-corrected chi connectivity index (χ0v) is 11.4. The van der Waals surface area contributed by atoms with E-state index in [9.17, 15) is 0 Å². The molecular weight excluding hydrogens is 212 g/mol. The smallest absolute Gasteiger partial charge is 0.0558 e. The third kappa shape index (κ3) is 3.67. The molecule has 0 amide bonds. The first-order valence-electron chi connectivity index (χ1n) is 7.26. The molecular formula is C14H28N2O. The van der Waals surface area contributed by atoms with Crippen LogP contribution in [0.3, 0.4) is 0 Å². The van der Waals surface area contributed by atoms with Crippen molar-refractivity contribution >= 4 is 0 Å². The van der Waals surface area contributed by atoms with Crippen molar-refractivity contribution in [3.8, 4) is 0 Å². The second kappa shape index (κ2) is 6.17. The zero-order chi connectivity index (χ0) is 12.3. The largest absolute Gasteiger partial charge is 0.395 e. The van der Waals surface area contributed by atoms with Crippen molar-refractivity contribution in [1.29, 1.82) is 0 Å². The molecule has 0 aromatic rings. The molecule has 3 nitrogen and oxygen atoms in total. The molecule has 100 valence electrons. The molecule has 0 aromatic heterocycles. The van der Waals surface area contributed by atoms with Crippen LogP contribution in [-0.2, 0) is 0 Å². The number of hydrogen-bond donors (Lipinski definition) is 2. The molecule has 2 aliphatic carbocycles. The normalized spacial score (nSPS) is 34.2. The van der Waals surface area contributed by atoms with E-state index in [4.69, 9.17) is 5.11 Å². The fourth-order valence-electron chi connectivity index (χ4n) is 3.37. The Balaban J connectivity index is 1.88. The first-order valence-corrected chi connectivity index (χ1v) is 7.26. The molecule has 2 saturated carbocycles. The van der Waals surface area contributed by atoms with Crippen LogP contribution in [0.5, 0.6) is 0 Å². The minimum Gasteiger partial charge on any atom is -0.395 e. The van der Waals surface area contributed by atoms with Crippen molar-refractivity contribution in [2.24, 2.45) is 11.8 Å². The van der Waals surface area contributed by atoms with Gasteiger partial charge in [0.25, 0.3) is 0 Å². The molecule has 3 heteroatoms. The highest BCUT2D eigenvalue weighted by atomic mass is 16.3. The van der Waals surface area contributed by atoms with Gasteiger partial charge in [0, 0.05) is 25.2 Å². The number of aliphatic hydroxyl groups excluding tert-OH is 1. The van der Waals surface area contributed by atoms with E-state index in [1.807, 2.05) is 0 Å². The molecule has 0 bridgehead atoms. The topological polar surface area (TPSA) is 35.5 Å². The van der Waals surface area contributed by atoms with Gasteiger partial charge in [-0.2, -0.15) is 0 Å². The van der Waals surface area contributed by atoms with Crippen molar-refractivity contribution in [3.05, 3.63) is 0 Å². The van der Waals surface area contributed by atoms with Crippen LogP contribution in [0.2, 0.25) is 0 Å². The van der Waals surface area contributed by atoms with E-state index >= 15 is 0 Å². The molecule has 3 unspecified atom stereocenters. The second-order valence-electron chi connectivity index (χ2n) is 6.02. The molecule has 0 aromatic carbocycles.